The van der Waals surface area contributed by atoms with Crippen LogP contribution in [0.4, 0.5) is 21.5 Å². The number of nitro groups is 1. The zero-order valence-electron chi connectivity index (χ0n) is 16.8. The third kappa shape index (κ3) is 5.66. The van der Waals surface area contributed by atoms with Crippen LogP contribution in [0.5, 0.6) is 5.75 Å². The molecule has 30 heavy (non-hydrogen) atoms. The van der Waals surface area contributed by atoms with Gasteiger partial charge in [0.25, 0.3) is 5.69 Å². The van der Waals surface area contributed by atoms with E-state index in [1.54, 1.807) is 18.2 Å². The van der Waals surface area contributed by atoms with Crippen LogP contribution in [0.15, 0.2) is 42.5 Å². The number of carbonyl (C=O) groups excluding carboxylic acids is 1. The molecule has 1 saturated heterocycles. The van der Waals surface area contributed by atoms with Crippen molar-refractivity contribution in [3.05, 3.63) is 58.4 Å². The summed E-state index contributed by atoms with van der Waals surface area (Å²) in [6, 6.07) is 10.8. The lowest BCUT2D eigenvalue weighted by Gasteiger charge is -2.23. The summed E-state index contributed by atoms with van der Waals surface area (Å²) in [6.45, 7) is 3.86. The average molecular weight is 416 g/mol. The lowest BCUT2D eigenvalue weighted by atomic mass is 10.2. The smallest absolute Gasteiger partial charge is 0.296 e. The number of halogens is 1. The van der Waals surface area contributed by atoms with E-state index in [9.17, 15) is 19.3 Å². The Morgan fingerprint density at radius 1 is 1.17 bits per heavy atom. The number of anilines is 2. The molecule has 1 aliphatic rings. The predicted octanol–water partition coefficient (Wildman–Crippen LogP) is 3.28. The predicted molar refractivity (Wildman–Crippen MR) is 113 cm³/mol. The number of hydrogen-bond acceptors (Lipinski definition) is 6. The minimum Gasteiger partial charge on any atom is -0.496 e. The molecule has 0 saturated carbocycles. The molecule has 3 rings (SSSR count). The van der Waals surface area contributed by atoms with E-state index in [0.717, 1.165) is 38.3 Å². The van der Waals surface area contributed by atoms with Gasteiger partial charge in [0, 0.05) is 38.3 Å². The SMILES string of the molecule is COc1ccc(NC(=O)CCN2CCCN(c3ccc(F)cc3)CC2)c([N+](=O)[O-])c1. The Balaban J connectivity index is 1.51. The van der Waals surface area contributed by atoms with Crippen molar-refractivity contribution in [2.75, 3.05) is 50.1 Å². The van der Waals surface area contributed by atoms with Crippen LogP contribution < -0.4 is 15.0 Å². The van der Waals surface area contributed by atoms with Gasteiger partial charge in [0.1, 0.15) is 17.3 Å². The van der Waals surface area contributed by atoms with Crippen molar-refractivity contribution >= 4 is 23.0 Å². The molecule has 2 aromatic carbocycles. The van der Waals surface area contributed by atoms with E-state index in [-0.39, 0.29) is 29.5 Å². The van der Waals surface area contributed by atoms with Crippen molar-refractivity contribution in [2.24, 2.45) is 0 Å². The maximum Gasteiger partial charge on any atom is 0.296 e. The molecule has 1 heterocycles. The molecule has 2 aromatic rings. The Morgan fingerprint density at radius 3 is 2.63 bits per heavy atom. The molecule has 1 amide bonds. The van der Waals surface area contributed by atoms with Crippen LogP contribution in [0, 0.1) is 15.9 Å². The summed E-state index contributed by atoms with van der Waals surface area (Å²) in [7, 11) is 1.43. The summed E-state index contributed by atoms with van der Waals surface area (Å²) in [5.41, 5.74) is 0.944. The van der Waals surface area contributed by atoms with E-state index < -0.39 is 4.92 Å². The third-order valence-corrected chi connectivity index (χ3v) is 5.11. The Morgan fingerprint density at radius 2 is 1.93 bits per heavy atom. The van der Waals surface area contributed by atoms with Gasteiger partial charge in [-0.3, -0.25) is 14.9 Å². The zero-order valence-corrected chi connectivity index (χ0v) is 16.8. The van der Waals surface area contributed by atoms with Crippen LogP contribution in [0.2, 0.25) is 0 Å². The van der Waals surface area contributed by atoms with Crippen molar-refractivity contribution in [1.82, 2.24) is 4.90 Å². The fourth-order valence-electron chi connectivity index (χ4n) is 3.47. The third-order valence-electron chi connectivity index (χ3n) is 5.11. The molecule has 0 aliphatic carbocycles. The average Bonchev–Trinajstić information content (AvgIpc) is 2.98. The highest BCUT2D eigenvalue weighted by Crippen LogP contribution is 2.29. The maximum atomic E-state index is 13.1. The number of benzene rings is 2. The van der Waals surface area contributed by atoms with Crippen molar-refractivity contribution in [1.29, 1.82) is 0 Å². The van der Waals surface area contributed by atoms with Crippen LogP contribution >= 0.6 is 0 Å². The second-order valence-electron chi connectivity index (χ2n) is 7.10. The molecule has 0 spiro atoms. The van der Waals surface area contributed by atoms with E-state index in [2.05, 4.69) is 15.1 Å². The highest BCUT2D eigenvalue weighted by molar-refractivity contribution is 5.93. The summed E-state index contributed by atoms with van der Waals surface area (Å²) in [4.78, 5) is 27.5. The van der Waals surface area contributed by atoms with Gasteiger partial charge in [0.05, 0.1) is 18.1 Å². The van der Waals surface area contributed by atoms with Gasteiger partial charge in [-0.15, -0.1) is 0 Å². The van der Waals surface area contributed by atoms with E-state index >= 15 is 0 Å². The van der Waals surface area contributed by atoms with E-state index in [4.69, 9.17) is 4.74 Å². The minimum atomic E-state index is -0.545. The Labute approximate surface area is 174 Å². The molecule has 0 radical (unpaired) electrons. The summed E-state index contributed by atoms with van der Waals surface area (Å²) >= 11 is 0. The molecule has 0 aromatic heterocycles. The summed E-state index contributed by atoms with van der Waals surface area (Å²) in [5.74, 6) is -0.170. The maximum absolute atomic E-state index is 13.1. The van der Waals surface area contributed by atoms with Crippen molar-refractivity contribution < 1.29 is 18.8 Å². The van der Waals surface area contributed by atoms with Gasteiger partial charge >= 0.3 is 0 Å². The summed E-state index contributed by atoms with van der Waals surface area (Å²) in [5, 5.41) is 13.9. The number of amides is 1. The topological polar surface area (TPSA) is 88.0 Å². The van der Waals surface area contributed by atoms with Gasteiger partial charge < -0.3 is 19.9 Å². The minimum absolute atomic E-state index is 0.157. The standard InChI is InChI=1S/C21H25FN4O4/c1-30-18-7-8-19(20(15-18)26(28)29)23-21(27)9-12-24-10-2-11-25(14-13-24)17-5-3-16(22)4-6-17/h3-8,15H,2,9-14H2,1H3,(H,23,27). The molecular weight excluding hydrogens is 391 g/mol. The van der Waals surface area contributed by atoms with Crippen molar-refractivity contribution in [3.8, 4) is 5.75 Å². The van der Waals surface area contributed by atoms with Crippen LogP contribution in [-0.4, -0.2) is 55.6 Å². The number of rotatable bonds is 7. The molecule has 8 nitrogen and oxygen atoms in total. The zero-order chi connectivity index (χ0) is 21.5. The number of ether oxygens (including phenoxy) is 1. The van der Waals surface area contributed by atoms with Gasteiger partial charge in [-0.1, -0.05) is 0 Å². The van der Waals surface area contributed by atoms with Gasteiger partial charge in [-0.2, -0.15) is 0 Å². The van der Waals surface area contributed by atoms with Gasteiger partial charge in [0.15, 0.2) is 0 Å². The molecule has 1 fully saturated rings. The van der Waals surface area contributed by atoms with Crippen LogP contribution in [0.1, 0.15) is 12.8 Å². The first kappa shape index (κ1) is 21.5. The van der Waals surface area contributed by atoms with Gasteiger partial charge in [0.2, 0.25) is 5.91 Å². The van der Waals surface area contributed by atoms with Crippen LogP contribution in [0.25, 0.3) is 0 Å². The van der Waals surface area contributed by atoms with E-state index in [1.807, 2.05) is 0 Å². The lowest BCUT2D eigenvalue weighted by Crippen LogP contribution is -2.32. The Kier molecular flexibility index (Phi) is 7.18. The number of carbonyl (C=O) groups is 1. The molecule has 1 N–H and O–H groups in total. The fourth-order valence-corrected chi connectivity index (χ4v) is 3.47. The quantitative estimate of drug-likeness (QED) is 0.551. The summed E-state index contributed by atoms with van der Waals surface area (Å²) in [6.07, 6.45) is 1.17. The number of nitro benzene ring substituents is 1. The first-order chi connectivity index (χ1) is 14.5. The highest BCUT2D eigenvalue weighted by atomic mass is 19.1. The number of nitrogens with one attached hydrogen (secondary N) is 1. The van der Waals surface area contributed by atoms with Crippen LogP contribution in [-0.2, 0) is 4.79 Å². The van der Waals surface area contributed by atoms with Crippen molar-refractivity contribution in [3.63, 3.8) is 0 Å². The lowest BCUT2D eigenvalue weighted by molar-refractivity contribution is -0.384. The monoisotopic (exact) mass is 416 g/mol. The second-order valence-corrected chi connectivity index (χ2v) is 7.10. The Hall–Kier alpha value is -3.20. The highest BCUT2D eigenvalue weighted by Gasteiger charge is 2.19. The Bertz CT molecular complexity index is 891. The fraction of sp³-hybridized carbons (Fsp3) is 0.381. The van der Waals surface area contributed by atoms with E-state index in [1.165, 1.54) is 31.4 Å². The number of methoxy groups -OCH3 is 1. The van der Waals surface area contributed by atoms with Crippen molar-refractivity contribution in [2.45, 2.75) is 12.8 Å². The molecule has 9 heteroatoms. The summed E-state index contributed by atoms with van der Waals surface area (Å²) < 4.78 is 18.1. The molecule has 0 atom stereocenters. The normalized spacial score (nSPS) is 14.8. The number of hydrogen-bond donors (Lipinski definition) is 1. The first-order valence-corrected chi connectivity index (χ1v) is 9.81. The second kappa shape index (κ2) is 10.0. The molecule has 0 unspecified atom stereocenters. The first-order valence-electron chi connectivity index (χ1n) is 9.81. The van der Waals surface area contributed by atoms with Crippen LogP contribution in [0.3, 0.4) is 0 Å². The molecular formula is C21H25FN4O4. The largest absolute Gasteiger partial charge is 0.496 e. The molecule has 0 bridgehead atoms. The molecule has 160 valence electrons. The van der Waals surface area contributed by atoms with Gasteiger partial charge in [-0.05, 0) is 49.4 Å². The van der Waals surface area contributed by atoms with Gasteiger partial charge in [-0.25, -0.2) is 4.39 Å². The molecule has 1 aliphatic heterocycles. The number of nitrogens with zero attached hydrogens (tertiary/aromatic N) is 3. The van der Waals surface area contributed by atoms with E-state index in [0.29, 0.717) is 12.3 Å².